The van der Waals surface area contributed by atoms with Crippen LogP contribution < -0.4 is 16.4 Å². The molecule has 5 aromatic rings. The molecule has 0 unspecified atom stereocenters. The smallest absolute Gasteiger partial charge is 0.256 e. The highest BCUT2D eigenvalue weighted by molar-refractivity contribution is 6.08. The van der Waals surface area contributed by atoms with Crippen LogP contribution in [-0.2, 0) is 11.2 Å². The summed E-state index contributed by atoms with van der Waals surface area (Å²) in [5.41, 5.74) is 10.6. The molecule has 0 spiro atoms. The molecular formula is C28H24N6O2. The van der Waals surface area contributed by atoms with Crippen LogP contribution in [0.1, 0.15) is 15.9 Å². The normalized spacial score (nSPS) is 11.7. The van der Waals surface area contributed by atoms with Gasteiger partial charge in [0.2, 0.25) is 5.91 Å². The van der Waals surface area contributed by atoms with Crippen molar-refractivity contribution in [3.8, 4) is 11.1 Å². The summed E-state index contributed by atoms with van der Waals surface area (Å²) in [6.45, 7) is 0. The standard InChI is InChI=1S/C28H24N6O2/c29-24(13-18-7-3-1-4-8-18)28(36)31-22-14-21(16-30-17-22)20-11-12-25-23(15-20)26(34-33-25)32-27(35)19-9-5-2-6-10-19/h1-12,14-17,24H,13,29H2,(H,31,36)(H2,32,33,34,35)/t24-/m1/s1. The molecule has 0 aliphatic carbocycles. The maximum atomic E-state index is 12.7. The van der Waals surface area contributed by atoms with Crippen molar-refractivity contribution in [1.29, 1.82) is 0 Å². The van der Waals surface area contributed by atoms with Gasteiger partial charge in [0, 0.05) is 22.7 Å². The lowest BCUT2D eigenvalue weighted by atomic mass is 10.0. The third-order valence-corrected chi connectivity index (χ3v) is 5.81. The fraction of sp³-hybridized carbons (Fsp3) is 0.0714. The van der Waals surface area contributed by atoms with Crippen LogP contribution >= 0.6 is 0 Å². The average molecular weight is 477 g/mol. The Labute approximate surface area is 207 Å². The summed E-state index contributed by atoms with van der Waals surface area (Å²) in [5.74, 6) is -0.0911. The summed E-state index contributed by atoms with van der Waals surface area (Å²) in [4.78, 5) is 29.5. The molecule has 0 aliphatic heterocycles. The second-order valence-electron chi connectivity index (χ2n) is 8.40. The number of hydrogen-bond acceptors (Lipinski definition) is 5. The third kappa shape index (κ3) is 5.13. The molecule has 178 valence electrons. The predicted molar refractivity (Wildman–Crippen MR) is 140 cm³/mol. The Hall–Kier alpha value is -4.82. The molecule has 0 saturated heterocycles. The van der Waals surface area contributed by atoms with E-state index in [0.29, 0.717) is 23.5 Å². The number of nitrogens with one attached hydrogen (secondary N) is 3. The molecule has 5 rings (SSSR count). The lowest BCUT2D eigenvalue weighted by Crippen LogP contribution is -2.37. The van der Waals surface area contributed by atoms with E-state index >= 15 is 0 Å². The maximum absolute atomic E-state index is 12.7. The molecule has 5 N–H and O–H groups in total. The number of hydrogen-bond donors (Lipinski definition) is 4. The number of fused-ring (bicyclic) bond motifs is 1. The Morgan fingerprint density at radius 1 is 0.861 bits per heavy atom. The van der Waals surface area contributed by atoms with Crippen molar-refractivity contribution in [2.24, 2.45) is 5.73 Å². The number of H-pyrrole nitrogens is 1. The van der Waals surface area contributed by atoms with Crippen LogP contribution in [0.5, 0.6) is 0 Å². The maximum Gasteiger partial charge on any atom is 0.256 e. The first-order chi connectivity index (χ1) is 17.6. The second-order valence-corrected chi connectivity index (χ2v) is 8.40. The lowest BCUT2D eigenvalue weighted by molar-refractivity contribution is -0.117. The Kier molecular flexibility index (Phi) is 6.51. The van der Waals surface area contributed by atoms with Gasteiger partial charge in [0.25, 0.3) is 5.91 Å². The number of pyridine rings is 1. The van der Waals surface area contributed by atoms with Gasteiger partial charge in [0.05, 0.1) is 23.4 Å². The van der Waals surface area contributed by atoms with E-state index < -0.39 is 6.04 Å². The Bertz CT molecular complexity index is 1520. The fourth-order valence-electron chi connectivity index (χ4n) is 3.92. The van der Waals surface area contributed by atoms with Crippen LogP contribution in [0, 0.1) is 0 Å². The number of anilines is 2. The first kappa shape index (κ1) is 22.9. The number of benzene rings is 3. The van der Waals surface area contributed by atoms with E-state index in [0.717, 1.165) is 27.6 Å². The van der Waals surface area contributed by atoms with Crippen LogP contribution in [0.4, 0.5) is 11.5 Å². The van der Waals surface area contributed by atoms with Crippen molar-refractivity contribution in [2.45, 2.75) is 12.5 Å². The van der Waals surface area contributed by atoms with Gasteiger partial charge in [-0.1, -0.05) is 54.6 Å². The van der Waals surface area contributed by atoms with Crippen molar-refractivity contribution in [3.63, 3.8) is 0 Å². The van der Waals surface area contributed by atoms with E-state index in [-0.39, 0.29) is 11.8 Å². The Morgan fingerprint density at radius 3 is 2.39 bits per heavy atom. The second kappa shape index (κ2) is 10.2. The molecule has 0 aliphatic rings. The number of carbonyl (C=O) groups is 2. The highest BCUT2D eigenvalue weighted by atomic mass is 16.2. The van der Waals surface area contributed by atoms with Crippen molar-refractivity contribution in [1.82, 2.24) is 15.2 Å². The van der Waals surface area contributed by atoms with E-state index in [4.69, 9.17) is 5.73 Å². The summed E-state index contributed by atoms with van der Waals surface area (Å²) in [5, 5.41) is 13.7. The number of amides is 2. The van der Waals surface area contributed by atoms with E-state index in [1.165, 1.54) is 0 Å². The Balaban J connectivity index is 1.33. The largest absolute Gasteiger partial charge is 0.323 e. The topological polar surface area (TPSA) is 126 Å². The molecule has 0 radical (unpaired) electrons. The number of aromatic amines is 1. The van der Waals surface area contributed by atoms with Crippen LogP contribution in [0.15, 0.2) is 97.3 Å². The molecule has 36 heavy (non-hydrogen) atoms. The molecule has 3 aromatic carbocycles. The number of rotatable bonds is 7. The van der Waals surface area contributed by atoms with Crippen LogP contribution in [0.25, 0.3) is 22.0 Å². The average Bonchev–Trinajstić information content (AvgIpc) is 3.31. The van der Waals surface area contributed by atoms with Gasteiger partial charge in [-0.3, -0.25) is 19.7 Å². The molecule has 0 fully saturated rings. The highest BCUT2D eigenvalue weighted by Gasteiger charge is 2.16. The summed E-state index contributed by atoms with van der Waals surface area (Å²) in [6, 6.07) is 25.5. The van der Waals surface area contributed by atoms with Gasteiger partial charge in [-0.25, -0.2) is 0 Å². The van der Waals surface area contributed by atoms with E-state index in [9.17, 15) is 9.59 Å². The SMILES string of the molecule is N[C@H](Cc1ccccc1)C(=O)Nc1cncc(-c2ccc3[nH]nc(NC(=O)c4ccccc4)c3c2)c1. The minimum atomic E-state index is -0.686. The van der Waals surface area contributed by atoms with E-state index in [1.807, 2.05) is 72.8 Å². The molecule has 2 aromatic heterocycles. The minimum Gasteiger partial charge on any atom is -0.323 e. The number of aromatic nitrogens is 3. The lowest BCUT2D eigenvalue weighted by Gasteiger charge is -2.13. The summed E-state index contributed by atoms with van der Waals surface area (Å²) in [6.07, 6.45) is 3.73. The molecule has 8 heteroatoms. The van der Waals surface area contributed by atoms with Gasteiger partial charge >= 0.3 is 0 Å². The summed E-state index contributed by atoms with van der Waals surface area (Å²) >= 11 is 0. The predicted octanol–water partition coefficient (Wildman–Crippen LogP) is 4.39. The number of nitrogens with two attached hydrogens (primary N) is 1. The third-order valence-electron chi connectivity index (χ3n) is 5.81. The van der Waals surface area contributed by atoms with Crippen molar-refractivity contribution in [3.05, 3.63) is 108 Å². The van der Waals surface area contributed by atoms with Crippen molar-refractivity contribution >= 4 is 34.2 Å². The molecular weight excluding hydrogens is 452 g/mol. The molecule has 8 nitrogen and oxygen atoms in total. The van der Waals surface area contributed by atoms with Crippen molar-refractivity contribution < 1.29 is 9.59 Å². The van der Waals surface area contributed by atoms with E-state index in [1.54, 1.807) is 24.5 Å². The molecule has 0 saturated carbocycles. The highest BCUT2D eigenvalue weighted by Crippen LogP contribution is 2.28. The summed E-state index contributed by atoms with van der Waals surface area (Å²) in [7, 11) is 0. The van der Waals surface area contributed by atoms with Gasteiger partial charge < -0.3 is 16.4 Å². The number of carbonyl (C=O) groups excluding carboxylic acids is 2. The van der Waals surface area contributed by atoms with Gasteiger partial charge in [0.1, 0.15) is 0 Å². The first-order valence-electron chi connectivity index (χ1n) is 11.5. The summed E-state index contributed by atoms with van der Waals surface area (Å²) < 4.78 is 0. The van der Waals surface area contributed by atoms with E-state index in [2.05, 4.69) is 25.8 Å². The van der Waals surface area contributed by atoms with Crippen LogP contribution in [-0.4, -0.2) is 33.0 Å². The first-order valence-corrected chi connectivity index (χ1v) is 11.5. The monoisotopic (exact) mass is 476 g/mol. The molecule has 2 heterocycles. The van der Waals surface area contributed by atoms with Gasteiger partial charge in [-0.2, -0.15) is 5.10 Å². The zero-order valence-electron chi connectivity index (χ0n) is 19.3. The molecule has 0 bridgehead atoms. The zero-order valence-corrected chi connectivity index (χ0v) is 19.3. The van der Waals surface area contributed by atoms with Gasteiger partial charge in [-0.05, 0) is 47.9 Å². The quantitative estimate of drug-likeness (QED) is 0.277. The van der Waals surface area contributed by atoms with Gasteiger partial charge in [-0.15, -0.1) is 0 Å². The van der Waals surface area contributed by atoms with Crippen LogP contribution in [0.2, 0.25) is 0 Å². The van der Waals surface area contributed by atoms with Crippen LogP contribution in [0.3, 0.4) is 0 Å². The number of nitrogens with zero attached hydrogens (tertiary/aromatic N) is 2. The van der Waals surface area contributed by atoms with Crippen molar-refractivity contribution in [2.75, 3.05) is 10.6 Å². The zero-order chi connectivity index (χ0) is 24.9. The Morgan fingerprint density at radius 2 is 1.61 bits per heavy atom. The fourth-order valence-corrected chi connectivity index (χ4v) is 3.92. The molecule has 2 amide bonds. The minimum absolute atomic E-state index is 0.243. The molecule has 1 atom stereocenters. The van der Waals surface area contributed by atoms with Gasteiger partial charge in [0.15, 0.2) is 5.82 Å².